The lowest BCUT2D eigenvalue weighted by Gasteiger charge is -2.19. The Morgan fingerprint density at radius 3 is 2.77 bits per heavy atom. The first-order valence-corrected chi connectivity index (χ1v) is 9.63. The third kappa shape index (κ3) is 3.88. The van der Waals surface area contributed by atoms with E-state index in [1.165, 1.54) is 10.9 Å². The Hall–Kier alpha value is -1.60. The van der Waals surface area contributed by atoms with Crippen LogP contribution >= 0.6 is 16.1 Å². The minimum Gasteiger partial charge on any atom is -0.386 e. The molecule has 5 unspecified atom stereocenters. The number of nitrogen functional groups attached to an aromatic ring is 1. The first-order valence-electron chi connectivity index (χ1n) is 6.97. The van der Waals surface area contributed by atoms with Crippen molar-refractivity contribution in [2.75, 3.05) is 12.3 Å². The highest BCUT2D eigenvalue weighted by Gasteiger charge is 2.49. The second kappa shape index (κ2) is 7.19. The fourth-order valence-electron chi connectivity index (χ4n) is 2.57. The summed E-state index contributed by atoms with van der Waals surface area (Å²) >= 11 is 0. The van der Waals surface area contributed by atoms with Crippen molar-refractivity contribution in [1.82, 2.24) is 19.5 Å². The van der Waals surface area contributed by atoms with Gasteiger partial charge in [-0.2, -0.15) is 0 Å². The van der Waals surface area contributed by atoms with Gasteiger partial charge in [-0.25, -0.2) is 19.5 Å². The van der Waals surface area contributed by atoms with Crippen LogP contribution in [0.5, 0.6) is 0 Å². The van der Waals surface area contributed by atoms with Gasteiger partial charge in [0.15, 0.2) is 17.7 Å². The molecule has 1 aliphatic heterocycles. The molecule has 3 heterocycles. The Kier molecular flexibility index (Phi) is 5.30. The van der Waals surface area contributed by atoms with Crippen LogP contribution in [0.1, 0.15) is 6.23 Å². The molecule has 5 atom stereocenters. The van der Waals surface area contributed by atoms with Gasteiger partial charge in [0, 0.05) is 4.57 Å². The summed E-state index contributed by atoms with van der Waals surface area (Å²) in [6.45, 7) is -0.562. The van der Waals surface area contributed by atoms with Crippen molar-refractivity contribution in [3.05, 3.63) is 12.7 Å². The molecule has 26 heavy (non-hydrogen) atoms. The Bertz CT molecular complexity index is 872. The molecular weight excluding hydrogens is 396 g/mol. The van der Waals surface area contributed by atoms with E-state index >= 15 is 0 Å². The number of imidazole rings is 1. The minimum absolute atomic E-state index is 0.0846. The summed E-state index contributed by atoms with van der Waals surface area (Å²) in [7, 11) is -7.99. The predicted octanol–water partition coefficient (Wildman–Crippen LogP) is -1.19. The molecule has 2 aromatic heterocycles. The van der Waals surface area contributed by atoms with Gasteiger partial charge in [0.1, 0.15) is 36.8 Å². The van der Waals surface area contributed by atoms with Crippen LogP contribution in [0.25, 0.3) is 11.2 Å². The van der Waals surface area contributed by atoms with Crippen molar-refractivity contribution in [3.63, 3.8) is 0 Å². The Morgan fingerprint density at radius 2 is 2.12 bits per heavy atom. The lowest BCUT2D eigenvalue weighted by atomic mass is 10.1. The van der Waals surface area contributed by atoms with Crippen LogP contribution in [0.3, 0.4) is 0 Å². The van der Waals surface area contributed by atoms with Crippen LogP contribution in [-0.2, 0) is 22.9 Å². The third-order valence-electron chi connectivity index (χ3n) is 3.58. The van der Waals surface area contributed by atoms with Gasteiger partial charge in [-0.1, -0.05) is 0 Å². The van der Waals surface area contributed by atoms with E-state index in [1.807, 2.05) is 0 Å². The van der Waals surface area contributed by atoms with Crippen molar-refractivity contribution in [3.8, 4) is 0 Å². The highest BCUT2D eigenvalue weighted by molar-refractivity contribution is 7.46. The second-order valence-electron chi connectivity index (χ2n) is 5.23. The Morgan fingerprint density at radius 1 is 1.38 bits per heavy atom. The first kappa shape index (κ1) is 19.2. The predicted molar refractivity (Wildman–Crippen MR) is 82.3 cm³/mol. The summed E-state index contributed by atoms with van der Waals surface area (Å²) in [5.74, 6) is 0.0846. The van der Waals surface area contributed by atoms with E-state index in [4.69, 9.17) is 25.2 Å². The standard InChI is InChI=1S/C10H13N5O9P2/c11-8-5-9(13-2-12-8)15(3-14-5)10-6(16)7(24-26(19,20)21)4(23-10)1-22-25(17)18/h2-4,6-7,10,16H,1H2,(H4-,11,12,13,17,18,19,20,21)/p+1. The maximum Gasteiger partial charge on any atom is 0.694 e. The molecule has 142 valence electrons. The molecule has 0 saturated carbocycles. The fourth-order valence-corrected chi connectivity index (χ4v) is 3.42. The number of nitrogens with two attached hydrogens (primary N) is 1. The van der Waals surface area contributed by atoms with Crippen molar-refractivity contribution in [2.24, 2.45) is 0 Å². The van der Waals surface area contributed by atoms with Crippen molar-refractivity contribution >= 4 is 33.1 Å². The second-order valence-corrected chi connectivity index (χ2v) is 7.16. The molecule has 0 aromatic carbocycles. The number of aliphatic hydroxyl groups is 1. The lowest BCUT2D eigenvalue weighted by Crippen LogP contribution is -2.35. The van der Waals surface area contributed by atoms with Crippen LogP contribution < -0.4 is 5.73 Å². The number of rotatable bonds is 6. The maximum absolute atomic E-state index is 11.2. The van der Waals surface area contributed by atoms with Crippen LogP contribution in [0.15, 0.2) is 12.7 Å². The van der Waals surface area contributed by atoms with E-state index < -0.39 is 47.2 Å². The van der Waals surface area contributed by atoms with Crippen molar-refractivity contribution in [1.29, 1.82) is 0 Å². The molecular formula is C10H14N5O9P2+. The molecule has 2 aromatic rings. The van der Waals surface area contributed by atoms with E-state index in [0.29, 0.717) is 0 Å². The van der Waals surface area contributed by atoms with Gasteiger partial charge in [-0.3, -0.25) is 9.09 Å². The van der Waals surface area contributed by atoms with Gasteiger partial charge in [0.25, 0.3) is 0 Å². The summed E-state index contributed by atoms with van der Waals surface area (Å²) in [5.41, 5.74) is 6.11. The quantitative estimate of drug-likeness (QED) is 0.355. The molecule has 0 radical (unpaired) electrons. The molecule has 0 amide bonds. The minimum atomic E-state index is -5.00. The summed E-state index contributed by atoms with van der Waals surface area (Å²) in [6.07, 6.45) is -3.21. The van der Waals surface area contributed by atoms with Gasteiger partial charge in [-0.15, -0.1) is 9.42 Å². The molecule has 0 spiro atoms. The lowest BCUT2D eigenvalue weighted by molar-refractivity contribution is -0.0475. The van der Waals surface area contributed by atoms with Crippen LogP contribution in [0, 0.1) is 0 Å². The Labute approximate surface area is 145 Å². The average molecular weight is 410 g/mol. The molecule has 1 saturated heterocycles. The zero-order valence-corrected chi connectivity index (χ0v) is 14.6. The number of nitrogens with zero attached hydrogens (tertiary/aromatic N) is 4. The molecule has 1 fully saturated rings. The summed E-state index contributed by atoms with van der Waals surface area (Å²) in [4.78, 5) is 38.6. The first-order chi connectivity index (χ1) is 12.2. The number of ether oxygens (including phenoxy) is 1. The normalized spacial score (nSPS) is 27.2. The van der Waals surface area contributed by atoms with Gasteiger partial charge < -0.3 is 25.4 Å². The highest BCUT2D eigenvalue weighted by Crippen LogP contribution is 2.44. The van der Waals surface area contributed by atoms with Crippen molar-refractivity contribution < 1.29 is 42.7 Å². The average Bonchev–Trinajstić information content (AvgIpc) is 3.08. The van der Waals surface area contributed by atoms with Gasteiger partial charge >= 0.3 is 16.1 Å². The SMILES string of the molecule is Nc1ncnc2c1ncn2C1OC(CO[P+](=O)O)C(OP(=O)(O)O)C1O. The van der Waals surface area contributed by atoms with Crippen molar-refractivity contribution in [2.45, 2.75) is 24.5 Å². The molecule has 0 bridgehead atoms. The Balaban J connectivity index is 1.93. The third-order valence-corrected chi connectivity index (χ3v) is 4.47. The van der Waals surface area contributed by atoms with Gasteiger partial charge in [0.05, 0.1) is 6.33 Å². The highest BCUT2D eigenvalue weighted by atomic mass is 31.2. The van der Waals surface area contributed by atoms with E-state index in [1.54, 1.807) is 0 Å². The number of anilines is 1. The van der Waals surface area contributed by atoms with E-state index in [0.717, 1.165) is 6.33 Å². The van der Waals surface area contributed by atoms with Crippen LogP contribution in [-0.4, -0.2) is 64.2 Å². The van der Waals surface area contributed by atoms with E-state index in [9.17, 15) is 14.2 Å². The summed E-state index contributed by atoms with van der Waals surface area (Å²) < 4.78 is 37.8. The number of hydrogen-bond donors (Lipinski definition) is 5. The van der Waals surface area contributed by atoms with E-state index in [2.05, 4.69) is 24.0 Å². The fraction of sp³-hybridized carbons (Fsp3) is 0.500. The molecule has 14 nitrogen and oxygen atoms in total. The summed E-state index contributed by atoms with van der Waals surface area (Å²) in [6, 6.07) is 0. The van der Waals surface area contributed by atoms with Crippen LogP contribution in [0.2, 0.25) is 0 Å². The zero-order chi connectivity index (χ0) is 19.1. The maximum atomic E-state index is 11.2. The molecule has 6 N–H and O–H groups in total. The number of phosphoric ester groups is 1. The number of aliphatic hydroxyl groups excluding tert-OH is 1. The summed E-state index contributed by atoms with van der Waals surface area (Å²) in [5, 5.41) is 10.4. The van der Waals surface area contributed by atoms with Gasteiger partial charge in [-0.05, 0) is 0 Å². The molecule has 1 aliphatic rings. The van der Waals surface area contributed by atoms with E-state index in [-0.39, 0.29) is 17.0 Å². The smallest absolute Gasteiger partial charge is 0.386 e. The monoisotopic (exact) mass is 410 g/mol. The van der Waals surface area contributed by atoms with Gasteiger partial charge in [0.2, 0.25) is 0 Å². The number of aromatic nitrogens is 4. The number of fused-ring (bicyclic) bond motifs is 1. The number of phosphoric acid groups is 1. The topological polar surface area (TPSA) is 212 Å². The molecule has 0 aliphatic carbocycles. The molecule has 3 rings (SSSR count). The molecule has 16 heteroatoms. The largest absolute Gasteiger partial charge is 0.694 e. The number of hydrogen-bond acceptors (Lipinski definition) is 10. The van der Waals surface area contributed by atoms with Crippen LogP contribution in [0.4, 0.5) is 5.82 Å². The zero-order valence-electron chi connectivity index (χ0n) is 12.8.